The van der Waals surface area contributed by atoms with Crippen LogP contribution in [0.5, 0.6) is 5.75 Å². The van der Waals surface area contributed by atoms with Crippen molar-refractivity contribution in [1.82, 2.24) is 10.2 Å². The van der Waals surface area contributed by atoms with Gasteiger partial charge in [-0.2, -0.15) is 0 Å². The number of aromatic hydroxyl groups is 1. The van der Waals surface area contributed by atoms with Gasteiger partial charge in [-0.05, 0) is 36.1 Å². The summed E-state index contributed by atoms with van der Waals surface area (Å²) in [6, 6.07) is 13.2. The summed E-state index contributed by atoms with van der Waals surface area (Å²) in [5, 5.41) is 25.0. The van der Waals surface area contributed by atoms with Crippen molar-refractivity contribution in [1.29, 1.82) is 0 Å². The molecule has 33 heavy (non-hydrogen) atoms. The Morgan fingerprint density at radius 1 is 1.12 bits per heavy atom. The molecule has 6 nitrogen and oxygen atoms in total. The van der Waals surface area contributed by atoms with Gasteiger partial charge in [-0.3, -0.25) is 9.59 Å². The number of nitrogens with one attached hydrogen (secondary N) is 1. The molecule has 0 saturated carbocycles. The number of hydrogen-bond acceptors (Lipinski definition) is 4. The van der Waals surface area contributed by atoms with Gasteiger partial charge in [-0.15, -0.1) is 0 Å². The predicted molar refractivity (Wildman–Crippen MR) is 129 cm³/mol. The van der Waals surface area contributed by atoms with Crippen molar-refractivity contribution in [3.63, 3.8) is 0 Å². The maximum Gasteiger partial charge on any atom is 0.245 e. The SMILES string of the molecule is CC(C)[C@@H](NC(=O)Cc1ccccc1O)C(=O)N1CC[C@](O)(c2ccc(Cl)cc2)C(C)(C)C1. The molecule has 0 bridgehead atoms. The van der Waals surface area contributed by atoms with E-state index in [4.69, 9.17) is 11.6 Å². The fourth-order valence-electron chi connectivity index (χ4n) is 4.54. The van der Waals surface area contributed by atoms with Gasteiger partial charge in [0.15, 0.2) is 0 Å². The van der Waals surface area contributed by atoms with Crippen LogP contribution in [-0.4, -0.2) is 46.1 Å². The van der Waals surface area contributed by atoms with Crippen LogP contribution in [0.2, 0.25) is 5.02 Å². The third-order valence-corrected chi connectivity index (χ3v) is 6.93. The Kier molecular flexibility index (Phi) is 7.39. The third-order valence-electron chi connectivity index (χ3n) is 6.67. The van der Waals surface area contributed by atoms with Crippen LogP contribution in [0, 0.1) is 11.3 Å². The van der Waals surface area contributed by atoms with E-state index in [0.717, 1.165) is 5.56 Å². The molecular weight excluding hydrogens is 440 g/mol. The van der Waals surface area contributed by atoms with Crippen molar-refractivity contribution in [2.45, 2.75) is 52.2 Å². The van der Waals surface area contributed by atoms with Gasteiger partial charge in [-0.25, -0.2) is 0 Å². The summed E-state index contributed by atoms with van der Waals surface area (Å²) < 4.78 is 0. The number of piperidine rings is 1. The largest absolute Gasteiger partial charge is 0.508 e. The highest BCUT2D eigenvalue weighted by atomic mass is 35.5. The van der Waals surface area contributed by atoms with E-state index < -0.39 is 17.1 Å². The van der Waals surface area contributed by atoms with Gasteiger partial charge in [0, 0.05) is 29.1 Å². The number of nitrogens with zero attached hydrogens (tertiary/aromatic N) is 1. The number of phenols is 1. The molecule has 1 aliphatic rings. The first-order chi connectivity index (χ1) is 15.4. The van der Waals surface area contributed by atoms with E-state index in [9.17, 15) is 19.8 Å². The maximum absolute atomic E-state index is 13.4. The zero-order valence-electron chi connectivity index (χ0n) is 19.6. The third kappa shape index (κ3) is 5.33. The lowest BCUT2D eigenvalue weighted by atomic mass is 9.66. The Morgan fingerprint density at radius 2 is 1.76 bits per heavy atom. The normalized spacial score (nSPS) is 21.0. The molecule has 3 N–H and O–H groups in total. The second-order valence-corrected chi connectivity index (χ2v) is 10.3. The average Bonchev–Trinajstić information content (AvgIpc) is 2.75. The monoisotopic (exact) mass is 472 g/mol. The zero-order chi connectivity index (χ0) is 24.4. The van der Waals surface area contributed by atoms with E-state index in [0.29, 0.717) is 30.1 Å². The lowest BCUT2D eigenvalue weighted by Crippen LogP contribution is -2.60. The lowest BCUT2D eigenvalue weighted by molar-refractivity contribution is -0.156. The molecule has 1 fully saturated rings. The van der Waals surface area contributed by atoms with E-state index in [1.54, 1.807) is 35.2 Å². The highest BCUT2D eigenvalue weighted by molar-refractivity contribution is 6.30. The van der Waals surface area contributed by atoms with E-state index in [1.165, 1.54) is 6.07 Å². The number of rotatable bonds is 6. The Labute approximate surface area is 200 Å². The fourth-order valence-corrected chi connectivity index (χ4v) is 4.66. The number of amides is 2. The molecule has 1 aliphatic heterocycles. The van der Waals surface area contributed by atoms with E-state index in [2.05, 4.69) is 5.32 Å². The fraction of sp³-hybridized carbons (Fsp3) is 0.462. The van der Waals surface area contributed by atoms with Crippen molar-refractivity contribution in [2.75, 3.05) is 13.1 Å². The number of carbonyl (C=O) groups excluding carboxylic acids is 2. The topological polar surface area (TPSA) is 89.9 Å². The summed E-state index contributed by atoms with van der Waals surface area (Å²) in [6.45, 7) is 8.40. The van der Waals surface area contributed by atoms with Crippen LogP contribution in [0.3, 0.4) is 0 Å². The van der Waals surface area contributed by atoms with Gasteiger partial charge in [0.1, 0.15) is 11.8 Å². The second kappa shape index (κ2) is 9.74. The molecule has 1 heterocycles. The molecule has 0 unspecified atom stereocenters. The quantitative estimate of drug-likeness (QED) is 0.595. The number of para-hydroxylation sites is 1. The van der Waals surface area contributed by atoms with Gasteiger partial charge in [0.2, 0.25) is 11.8 Å². The van der Waals surface area contributed by atoms with Crippen LogP contribution in [0.1, 0.15) is 45.2 Å². The molecule has 1 saturated heterocycles. The molecule has 2 aromatic rings. The molecule has 2 atom stereocenters. The van der Waals surface area contributed by atoms with Crippen LogP contribution in [0.4, 0.5) is 0 Å². The van der Waals surface area contributed by atoms with Crippen LogP contribution in [0.25, 0.3) is 0 Å². The minimum Gasteiger partial charge on any atom is -0.508 e. The van der Waals surface area contributed by atoms with Crippen molar-refractivity contribution in [3.8, 4) is 5.75 Å². The highest BCUT2D eigenvalue weighted by Crippen LogP contribution is 2.46. The summed E-state index contributed by atoms with van der Waals surface area (Å²) in [5.41, 5.74) is -0.427. The van der Waals surface area contributed by atoms with Crippen molar-refractivity contribution in [2.24, 2.45) is 11.3 Å². The number of likely N-dealkylation sites (tertiary alicyclic amines) is 1. The van der Waals surface area contributed by atoms with Gasteiger partial charge >= 0.3 is 0 Å². The molecule has 178 valence electrons. The summed E-state index contributed by atoms with van der Waals surface area (Å²) in [5.74, 6) is -0.551. The van der Waals surface area contributed by atoms with Crippen LogP contribution in [0.15, 0.2) is 48.5 Å². The van der Waals surface area contributed by atoms with Gasteiger partial charge in [0.25, 0.3) is 0 Å². The number of phenolic OH excluding ortho intramolecular Hbond substituents is 1. The maximum atomic E-state index is 13.4. The summed E-state index contributed by atoms with van der Waals surface area (Å²) in [4.78, 5) is 27.8. The molecule has 0 aromatic heterocycles. The number of aliphatic hydroxyl groups is 1. The first kappa shape index (κ1) is 25.1. The van der Waals surface area contributed by atoms with Crippen molar-refractivity contribution in [3.05, 3.63) is 64.7 Å². The molecule has 0 aliphatic carbocycles. The predicted octanol–water partition coefficient (Wildman–Crippen LogP) is 3.88. The van der Waals surface area contributed by atoms with Gasteiger partial charge < -0.3 is 20.4 Å². The van der Waals surface area contributed by atoms with Crippen LogP contribution in [-0.2, 0) is 21.6 Å². The number of carbonyl (C=O) groups is 2. The molecule has 3 rings (SSSR count). The number of hydrogen-bond donors (Lipinski definition) is 3. The molecule has 2 amide bonds. The van der Waals surface area contributed by atoms with Crippen molar-refractivity contribution >= 4 is 23.4 Å². The Morgan fingerprint density at radius 3 is 2.33 bits per heavy atom. The summed E-state index contributed by atoms with van der Waals surface area (Å²) in [6.07, 6.45) is 0.370. The van der Waals surface area contributed by atoms with E-state index >= 15 is 0 Å². The first-order valence-corrected chi connectivity index (χ1v) is 11.7. The average molecular weight is 473 g/mol. The Bertz CT molecular complexity index is 1010. The minimum absolute atomic E-state index is 0.00894. The first-order valence-electron chi connectivity index (χ1n) is 11.3. The lowest BCUT2D eigenvalue weighted by Gasteiger charge is -2.51. The number of halogens is 1. The molecule has 7 heteroatoms. The Hall–Kier alpha value is -2.57. The highest BCUT2D eigenvalue weighted by Gasteiger charge is 2.50. The number of benzene rings is 2. The van der Waals surface area contributed by atoms with Gasteiger partial charge in [-0.1, -0.05) is 69.6 Å². The molecule has 2 aromatic carbocycles. The van der Waals surface area contributed by atoms with Gasteiger partial charge in [0.05, 0.1) is 12.0 Å². The minimum atomic E-state index is -1.10. The summed E-state index contributed by atoms with van der Waals surface area (Å²) in [7, 11) is 0. The molecule has 0 radical (unpaired) electrons. The van der Waals surface area contributed by atoms with E-state index in [-0.39, 0.29) is 29.9 Å². The zero-order valence-corrected chi connectivity index (χ0v) is 20.4. The van der Waals surface area contributed by atoms with Crippen LogP contribution >= 0.6 is 11.6 Å². The molecular formula is C26H33ClN2O4. The summed E-state index contributed by atoms with van der Waals surface area (Å²) >= 11 is 6.01. The Balaban J connectivity index is 1.72. The standard InChI is InChI=1S/C26H33ClN2O4/c1-17(2)23(28-22(31)15-18-7-5-6-8-21(18)30)24(32)29-14-13-26(33,25(3,4)16-29)19-9-11-20(27)12-10-19/h5-12,17,23,30,33H,13-16H2,1-4H3,(H,28,31)/t23-,26+/m1/s1. The second-order valence-electron chi connectivity index (χ2n) is 9.86. The van der Waals surface area contributed by atoms with E-state index in [1.807, 2.05) is 39.8 Å². The van der Waals surface area contributed by atoms with Crippen LogP contribution < -0.4 is 5.32 Å². The van der Waals surface area contributed by atoms with Crippen molar-refractivity contribution < 1.29 is 19.8 Å². The smallest absolute Gasteiger partial charge is 0.245 e. The molecule has 0 spiro atoms.